The van der Waals surface area contributed by atoms with Gasteiger partial charge in [-0.05, 0) is 0 Å². The smallest absolute Gasteiger partial charge is 0.202 e. The molecule has 0 saturated carbocycles. The highest BCUT2D eigenvalue weighted by atomic mass is 35.5. The van der Waals surface area contributed by atoms with Gasteiger partial charge in [0.25, 0.3) is 0 Å². The summed E-state index contributed by atoms with van der Waals surface area (Å²) in [5.41, 5.74) is 0. The van der Waals surface area contributed by atoms with Gasteiger partial charge in [0.05, 0.1) is 10.0 Å². The van der Waals surface area contributed by atoms with E-state index in [2.05, 4.69) is 0 Å². The summed E-state index contributed by atoms with van der Waals surface area (Å²) in [6.45, 7) is 0. The van der Waals surface area contributed by atoms with Gasteiger partial charge in [0.15, 0.2) is 11.6 Å². The first-order valence-electron chi connectivity index (χ1n) is 2.56. The third-order valence-electron chi connectivity index (χ3n) is 1.08. The zero-order chi connectivity index (χ0) is 8.59. The largest absolute Gasteiger partial charge is 0.505 e. The SMILES string of the molecule is Oc1cc(Cl)c(Cl)c(F)c1F. The van der Waals surface area contributed by atoms with Crippen molar-refractivity contribution in [3.8, 4) is 5.75 Å². The fraction of sp³-hybridized carbons (Fsp3) is 0. The Balaban J connectivity index is 3.46. The van der Waals surface area contributed by atoms with Gasteiger partial charge in [-0.25, -0.2) is 4.39 Å². The van der Waals surface area contributed by atoms with E-state index in [0.29, 0.717) is 0 Å². The van der Waals surface area contributed by atoms with Crippen molar-refractivity contribution in [2.24, 2.45) is 0 Å². The molecule has 0 fully saturated rings. The van der Waals surface area contributed by atoms with E-state index >= 15 is 0 Å². The van der Waals surface area contributed by atoms with Crippen molar-refractivity contribution in [3.63, 3.8) is 0 Å². The van der Waals surface area contributed by atoms with E-state index in [1.54, 1.807) is 0 Å². The summed E-state index contributed by atoms with van der Waals surface area (Å²) >= 11 is 10.5. The van der Waals surface area contributed by atoms with Gasteiger partial charge in [-0.1, -0.05) is 23.2 Å². The van der Waals surface area contributed by atoms with Crippen LogP contribution in [-0.4, -0.2) is 5.11 Å². The topological polar surface area (TPSA) is 20.2 Å². The molecule has 0 aliphatic heterocycles. The maximum Gasteiger partial charge on any atom is 0.202 e. The molecule has 0 heterocycles. The summed E-state index contributed by atoms with van der Waals surface area (Å²) in [6, 6.07) is 0.836. The zero-order valence-corrected chi connectivity index (χ0v) is 6.55. The molecule has 1 rings (SSSR count). The van der Waals surface area contributed by atoms with Crippen LogP contribution in [0.1, 0.15) is 0 Å². The highest BCUT2D eigenvalue weighted by Crippen LogP contribution is 2.31. The van der Waals surface area contributed by atoms with E-state index in [9.17, 15) is 8.78 Å². The predicted octanol–water partition coefficient (Wildman–Crippen LogP) is 2.98. The van der Waals surface area contributed by atoms with Gasteiger partial charge >= 0.3 is 0 Å². The van der Waals surface area contributed by atoms with Gasteiger partial charge < -0.3 is 5.11 Å². The Morgan fingerprint density at radius 3 is 2.27 bits per heavy atom. The molecule has 5 heteroatoms. The van der Waals surface area contributed by atoms with Crippen molar-refractivity contribution < 1.29 is 13.9 Å². The van der Waals surface area contributed by atoms with Crippen LogP contribution in [0.2, 0.25) is 10.0 Å². The first-order valence-corrected chi connectivity index (χ1v) is 3.31. The predicted molar refractivity (Wildman–Crippen MR) is 38.0 cm³/mol. The first-order chi connectivity index (χ1) is 5.04. The van der Waals surface area contributed by atoms with E-state index in [1.807, 2.05) is 0 Å². The zero-order valence-electron chi connectivity index (χ0n) is 5.04. The Morgan fingerprint density at radius 1 is 1.18 bits per heavy atom. The molecular weight excluding hydrogens is 197 g/mol. The molecule has 0 amide bonds. The van der Waals surface area contributed by atoms with Crippen LogP contribution in [-0.2, 0) is 0 Å². The molecule has 0 spiro atoms. The molecule has 0 radical (unpaired) electrons. The van der Waals surface area contributed by atoms with E-state index in [1.165, 1.54) is 0 Å². The van der Waals surface area contributed by atoms with Crippen LogP contribution in [0.4, 0.5) is 8.78 Å². The summed E-state index contributed by atoms with van der Waals surface area (Å²) in [6.07, 6.45) is 0. The van der Waals surface area contributed by atoms with E-state index < -0.39 is 22.4 Å². The molecule has 0 saturated heterocycles. The standard InChI is InChI=1S/C6H2Cl2F2O/c7-2-1-3(11)5(9)6(10)4(2)8/h1,11H. The lowest BCUT2D eigenvalue weighted by atomic mass is 10.3. The molecule has 0 aliphatic carbocycles. The van der Waals surface area contributed by atoms with Gasteiger partial charge in [0, 0.05) is 6.07 Å². The highest BCUT2D eigenvalue weighted by molar-refractivity contribution is 6.42. The minimum Gasteiger partial charge on any atom is -0.505 e. The van der Waals surface area contributed by atoms with Crippen molar-refractivity contribution in [1.29, 1.82) is 0 Å². The lowest BCUT2D eigenvalue weighted by Crippen LogP contribution is -1.86. The normalized spacial score (nSPS) is 10.2. The average molecular weight is 199 g/mol. The molecule has 1 aromatic carbocycles. The van der Waals surface area contributed by atoms with Gasteiger partial charge in [0.1, 0.15) is 0 Å². The molecule has 60 valence electrons. The van der Waals surface area contributed by atoms with Crippen LogP contribution < -0.4 is 0 Å². The van der Waals surface area contributed by atoms with Crippen LogP contribution in [0.25, 0.3) is 0 Å². The van der Waals surface area contributed by atoms with Crippen molar-refractivity contribution in [1.82, 2.24) is 0 Å². The van der Waals surface area contributed by atoms with Gasteiger partial charge in [-0.15, -0.1) is 0 Å². The second kappa shape index (κ2) is 2.83. The van der Waals surface area contributed by atoms with Crippen LogP contribution in [0, 0.1) is 11.6 Å². The third-order valence-corrected chi connectivity index (χ3v) is 1.85. The molecule has 1 nitrogen and oxygen atoms in total. The van der Waals surface area contributed by atoms with Crippen molar-refractivity contribution in [2.45, 2.75) is 0 Å². The number of hydrogen-bond donors (Lipinski definition) is 1. The Hall–Kier alpha value is -0.540. The summed E-state index contributed by atoms with van der Waals surface area (Å²) < 4.78 is 24.9. The summed E-state index contributed by atoms with van der Waals surface area (Å²) in [5.74, 6) is -3.58. The minimum atomic E-state index is -1.39. The third kappa shape index (κ3) is 1.39. The minimum absolute atomic E-state index is 0.219. The summed E-state index contributed by atoms with van der Waals surface area (Å²) in [7, 11) is 0. The molecule has 1 N–H and O–H groups in total. The second-order valence-electron chi connectivity index (χ2n) is 1.82. The number of phenolic OH excluding ortho intramolecular Hbond substituents is 1. The Bertz CT molecular complexity index is 275. The molecule has 0 atom stereocenters. The van der Waals surface area contributed by atoms with Crippen molar-refractivity contribution in [2.75, 3.05) is 0 Å². The maximum atomic E-state index is 12.5. The number of aromatic hydroxyl groups is 1. The Labute approximate surface area is 71.2 Å². The average Bonchev–Trinajstić information content (AvgIpc) is 1.97. The number of hydrogen-bond acceptors (Lipinski definition) is 1. The Morgan fingerprint density at radius 2 is 1.73 bits per heavy atom. The number of phenols is 1. The van der Waals surface area contributed by atoms with Gasteiger partial charge in [-0.2, -0.15) is 4.39 Å². The van der Waals surface area contributed by atoms with Crippen LogP contribution >= 0.6 is 23.2 Å². The molecule has 0 aromatic heterocycles. The van der Waals surface area contributed by atoms with E-state index in [4.69, 9.17) is 28.3 Å². The fourth-order valence-corrected chi connectivity index (χ4v) is 0.884. The summed E-state index contributed by atoms with van der Waals surface area (Å²) in [5, 5.41) is 7.90. The summed E-state index contributed by atoms with van der Waals surface area (Å²) in [4.78, 5) is 0. The Kier molecular flexibility index (Phi) is 2.20. The lowest BCUT2D eigenvalue weighted by molar-refractivity contribution is 0.407. The van der Waals surface area contributed by atoms with Gasteiger partial charge in [0.2, 0.25) is 5.82 Å². The number of halogens is 4. The lowest BCUT2D eigenvalue weighted by Gasteiger charge is -2.00. The number of rotatable bonds is 0. The first kappa shape index (κ1) is 8.56. The highest BCUT2D eigenvalue weighted by Gasteiger charge is 2.14. The van der Waals surface area contributed by atoms with Crippen molar-refractivity contribution >= 4 is 23.2 Å². The van der Waals surface area contributed by atoms with Crippen molar-refractivity contribution in [3.05, 3.63) is 27.7 Å². The van der Waals surface area contributed by atoms with Crippen LogP contribution in [0.15, 0.2) is 6.07 Å². The van der Waals surface area contributed by atoms with Crippen LogP contribution in [0.3, 0.4) is 0 Å². The quantitative estimate of drug-likeness (QED) is 0.502. The molecule has 11 heavy (non-hydrogen) atoms. The monoisotopic (exact) mass is 198 g/mol. The van der Waals surface area contributed by atoms with Crippen LogP contribution in [0.5, 0.6) is 5.75 Å². The van der Waals surface area contributed by atoms with E-state index in [0.717, 1.165) is 6.07 Å². The second-order valence-corrected chi connectivity index (χ2v) is 2.60. The number of benzene rings is 1. The molecule has 1 aromatic rings. The molecule has 0 aliphatic rings. The molecular formula is C6H2Cl2F2O. The maximum absolute atomic E-state index is 12.5. The fourth-order valence-electron chi connectivity index (χ4n) is 0.560. The molecule has 0 unspecified atom stereocenters. The van der Waals surface area contributed by atoms with Gasteiger partial charge in [-0.3, -0.25) is 0 Å². The molecule has 0 bridgehead atoms. The van der Waals surface area contributed by atoms with E-state index in [-0.39, 0.29) is 5.02 Å².